The number of hydrogen-bond donors (Lipinski definition) is 1. The molecule has 0 saturated carbocycles. The number of aromatic nitrogens is 2. The maximum Gasteiger partial charge on any atom is 0.270 e. The molecule has 1 amide bonds. The molecule has 36 heavy (non-hydrogen) atoms. The molecular formula is C23H15N5O6S2. The highest BCUT2D eigenvalue weighted by molar-refractivity contribution is 7.90. The number of nitrogens with one attached hydrogen (secondary N) is 1. The van der Waals surface area contributed by atoms with Crippen LogP contribution in [0.4, 0.5) is 10.8 Å². The minimum absolute atomic E-state index is 0.0930. The number of furan rings is 1. The minimum Gasteiger partial charge on any atom is -0.457 e. The Morgan fingerprint density at radius 1 is 1.17 bits per heavy atom. The number of carbonyl (C=O) groups is 1. The van der Waals surface area contributed by atoms with Gasteiger partial charge >= 0.3 is 0 Å². The van der Waals surface area contributed by atoms with E-state index in [4.69, 9.17) is 4.42 Å². The van der Waals surface area contributed by atoms with Gasteiger partial charge in [0.1, 0.15) is 23.2 Å². The van der Waals surface area contributed by atoms with Crippen molar-refractivity contribution < 1.29 is 22.6 Å². The van der Waals surface area contributed by atoms with Crippen molar-refractivity contribution in [2.45, 2.75) is 10.9 Å². The van der Waals surface area contributed by atoms with Gasteiger partial charge < -0.3 is 4.42 Å². The number of non-ortho nitro benzene ring substituents is 1. The number of nitro groups is 1. The SMILES string of the molecule is N#C/C(=C/c1ccc(-c2cccc([N+](=O)[O-])c2)o1)C(=O)Nc1nc(S(=O)(=O)Cc2ccccc2)ns1. The summed E-state index contributed by atoms with van der Waals surface area (Å²) >= 11 is 0.667. The van der Waals surface area contributed by atoms with E-state index >= 15 is 0 Å². The molecule has 0 fully saturated rings. The standard InChI is InChI=1S/C23H15N5O6S2/c24-13-17(12-19-9-10-20(34-19)16-7-4-8-18(11-16)28(30)31)21(29)25-22-26-23(27-35-22)36(32,33)14-15-5-2-1-3-6-15/h1-12H,14H2,(H,25,26,27,29)/b17-12-. The molecule has 0 aliphatic rings. The summed E-state index contributed by atoms with van der Waals surface area (Å²) in [6.45, 7) is 0. The predicted octanol–water partition coefficient (Wildman–Crippen LogP) is 4.23. The number of sulfone groups is 1. The Labute approximate surface area is 208 Å². The molecule has 2 heterocycles. The molecule has 0 radical (unpaired) electrons. The van der Waals surface area contributed by atoms with Gasteiger partial charge in [-0.3, -0.25) is 20.2 Å². The van der Waals surface area contributed by atoms with E-state index in [2.05, 4.69) is 14.7 Å². The second-order valence-corrected chi connectivity index (χ2v) is 9.90. The zero-order valence-electron chi connectivity index (χ0n) is 18.2. The van der Waals surface area contributed by atoms with Gasteiger partial charge in [0.25, 0.3) is 16.8 Å². The molecule has 180 valence electrons. The second-order valence-electron chi connectivity index (χ2n) is 7.26. The molecule has 1 N–H and O–H groups in total. The van der Waals surface area contributed by atoms with Crippen molar-refractivity contribution in [2.75, 3.05) is 5.32 Å². The Bertz CT molecular complexity index is 1620. The van der Waals surface area contributed by atoms with Crippen LogP contribution in [-0.4, -0.2) is 28.6 Å². The highest BCUT2D eigenvalue weighted by atomic mass is 32.2. The predicted molar refractivity (Wildman–Crippen MR) is 130 cm³/mol. The maximum atomic E-state index is 12.6. The number of nitro benzene ring substituents is 1. The third-order valence-corrected chi connectivity index (χ3v) is 6.92. The molecule has 0 bridgehead atoms. The number of benzene rings is 2. The first-order valence-electron chi connectivity index (χ1n) is 10.1. The molecule has 11 nitrogen and oxygen atoms in total. The molecule has 0 atom stereocenters. The Balaban J connectivity index is 1.48. The zero-order valence-corrected chi connectivity index (χ0v) is 19.8. The summed E-state index contributed by atoms with van der Waals surface area (Å²) in [5.41, 5.74) is 0.569. The normalized spacial score (nSPS) is 11.6. The molecule has 13 heteroatoms. The van der Waals surface area contributed by atoms with Gasteiger partial charge in [-0.05, 0) is 17.7 Å². The maximum absolute atomic E-state index is 12.6. The molecule has 0 spiro atoms. The Morgan fingerprint density at radius 3 is 2.67 bits per heavy atom. The lowest BCUT2D eigenvalue weighted by Crippen LogP contribution is -2.13. The van der Waals surface area contributed by atoms with Gasteiger partial charge in [-0.15, -0.1) is 0 Å². The van der Waals surface area contributed by atoms with Crippen LogP contribution in [0.2, 0.25) is 0 Å². The average Bonchev–Trinajstić information content (AvgIpc) is 3.53. The van der Waals surface area contributed by atoms with Crippen molar-refractivity contribution in [1.82, 2.24) is 9.36 Å². The lowest BCUT2D eigenvalue weighted by atomic mass is 10.1. The lowest BCUT2D eigenvalue weighted by Gasteiger charge is -2.00. The van der Waals surface area contributed by atoms with Gasteiger partial charge in [-0.1, -0.05) is 42.5 Å². The molecule has 0 unspecified atom stereocenters. The highest BCUT2D eigenvalue weighted by Crippen LogP contribution is 2.27. The van der Waals surface area contributed by atoms with E-state index in [1.165, 1.54) is 30.3 Å². The van der Waals surface area contributed by atoms with Crippen molar-refractivity contribution in [3.8, 4) is 17.4 Å². The summed E-state index contributed by atoms with van der Waals surface area (Å²) in [6.07, 6.45) is 1.18. The van der Waals surface area contributed by atoms with Gasteiger partial charge in [-0.25, -0.2) is 8.42 Å². The Kier molecular flexibility index (Phi) is 7.00. The van der Waals surface area contributed by atoms with Crippen LogP contribution in [0.3, 0.4) is 0 Å². The van der Waals surface area contributed by atoms with Crippen molar-refractivity contribution in [1.29, 1.82) is 5.26 Å². The third kappa shape index (κ3) is 5.69. The van der Waals surface area contributed by atoms with Crippen LogP contribution in [-0.2, 0) is 20.4 Å². The van der Waals surface area contributed by atoms with Crippen molar-refractivity contribution in [3.05, 3.63) is 93.7 Å². The molecule has 0 aliphatic heterocycles. The van der Waals surface area contributed by atoms with Crippen LogP contribution >= 0.6 is 11.5 Å². The van der Waals surface area contributed by atoms with Crippen molar-refractivity contribution in [3.63, 3.8) is 0 Å². The monoisotopic (exact) mass is 521 g/mol. The van der Waals surface area contributed by atoms with Crippen LogP contribution in [0.15, 0.2) is 81.9 Å². The van der Waals surface area contributed by atoms with Crippen LogP contribution in [0.25, 0.3) is 17.4 Å². The summed E-state index contributed by atoms with van der Waals surface area (Å²) < 4.78 is 34.6. The summed E-state index contributed by atoms with van der Waals surface area (Å²) in [5, 5.41) is 22.3. The third-order valence-electron chi connectivity index (χ3n) is 4.73. The van der Waals surface area contributed by atoms with Gasteiger partial charge in [-0.2, -0.15) is 14.6 Å². The van der Waals surface area contributed by atoms with Gasteiger partial charge in [0.05, 0.1) is 10.7 Å². The summed E-state index contributed by atoms with van der Waals surface area (Å²) in [4.78, 5) is 26.9. The van der Waals surface area contributed by atoms with E-state index < -0.39 is 25.8 Å². The fourth-order valence-electron chi connectivity index (χ4n) is 3.06. The molecule has 2 aromatic heterocycles. The fourth-order valence-corrected chi connectivity index (χ4v) is 5.14. The van der Waals surface area contributed by atoms with Gasteiger partial charge in [0.2, 0.25) is 15.0 Å². The number of hydrogen-bond acceptors (Lipinski definition) is 10. The number of carbonyl (C=O) groups excluding carboxylic acids is 1. The average molecular weight is 522 g/mol. The van der Waals surface area contributed by atoms with Gasteiger partial charge in [0, 0.05) is 35.3 Å². The highest BCUT2D eigenvalue weighted by Gasteiger charge is 2.22. The quantitative estimate of drug-likeness (QED) is 0.154. The Morgan fingerprint density at radius 2 is 1.94 bits per heavy atom. The van der Waals surface area contributed by atoms with Crippen molar-refractivity contribution >= 4 is 44.2 Å². The molecule has 0 aliphatic carbocycles. The fraction of sp³-hybridized carbons (Fsp3) is 0.0435. The largest absolute Gasteiger partial charge is 0.457 e. The van der Waals surface area contributed by atoms with Crippen LogP contribution in [0.1, 0.15) is 11.3 Å². The molecule has 2 aromatic carbocycles. The topological polar surface area (TPSA) is 169 Å². The summed E-state index contributed by atoms with van der Waals surface area (Å²) in [5.74, 6) is -0.673. The lowest BCUT2D eigenvalue weighted by molar-refractivity contribution is -0.384. The molecular weight excluding hydrogens is 506 g/mol. The molecule has 4 rings (SSSR count). The number of rotatable bonds is 8. The van der Waals surface area contributed by atoms with Crippen LogP contribution in [0, 0.1) is 21.4 Å². The zero-order chi connectivity index (χ0) is 25.7. The Hall–Kier alpha value is -4.67. The number of nitriles is 1. The van der Waals surface area contributed by atoms with E-state index in [-0.39, 0.29) is 27.9 Å². The first-order valence-corrected chi connectivity index (χ1v) is 12.6. The molecule has 0 saturated heterocycles. The summed E-state index contributed by atoms with van der Waals surface area (Å²) in [7, 11) is -3.83. The van der Waals surface area contributed by atoms with E-state index in [9.17, 15) is 28.6 Å². The van der Waals surface area contributed by atoms with Crippen LogP contribution in [0.5, 0.6) is 0 Å². The minimum atomic E-state index is -3.83. The second kappa shape index (κ2) is 10.3. The first-order chi connectivity index (χ1) is 17.2. The van der Waals surface area contributed by atoms with E-state index in [1.807, 2.05) is 0 Å². The van der Waals surface area contributed by atoms with E-state index in [0.717, 1.165) is 0 Å². The number of anilines is 1. The van der Waals surface area contributed by atoms with E-state index in [1.54, 1.807) is 48.5 Å². The smallest absolute Gasteiger partial charge is 0.270 e. The molecule has 4 aromatic rings. The number of nitrogens with zero attached hydrogens (tertiary/aromatic N) is 4. The van der Waals surface area contributed by atoms with Crippen molar-refractivity contribution in [2.24, 2.45) is 0 Å². The first kappa shape index (κ1) is 24.5. The number of amides is 1. The summed E-state index contributed by atoms with van der Waals surface area (Å²) in [6, 6.07) is 19.1. The van der Waals surface area contributed by atoms with Gasteiger partial charge in [0.15, 0.2) is 0 Å². The van der Waals surface area contributed by atoms with E-state index in [0.29, 0.717) is 28.4 Å². The van der Waals surface area contributed by atoms with Crippen LogP contribution < -0.4 is 5.32 Å².